The maximum Gasteiger partial charge on any atom is 0.197 e. The van der Waals surface area contributed by atoms with Gasteiger partial charge in [-0.1, -0.05) is 127 Å². The number of rotatable bonds is 7. The molecule has 49 heavy (non-hydrogen) atoms. The average Bonchev–Trinajstić information content (AvgIpc) is 3.09. The number of nitrogens with zero attached hydrogens (tertiary/aromatic N) is 1. The Labute approximate surface area is 295 Å². The van der Waals surface area contributed by atoms with E-state index in [1.54, 1.807) is 0 Å². The smallest absolute Gasteiger partial charge is 0.197 e. The van der Waals surface area contributed by atoms with Crippen molar-refractivity contribution in [3.63, 3.8) is 0 Å². The first-order chi connectivity index (χ1) is 23.5. The third-order valence-corrected chi connectivity index (χ3v) is 11.9. The fraction of sp³-hybridized carbons (Fsp3) is 0.348. The molecule has 1 radical (unpaired) electrons. The van der Waals surface area contributed by atoms with Crippen molar-refractivity contribution < 1.29 is 0 Å². The lowest BCUT2D eigenvalue weighted by atomic mass is 9.55. The summed E-state index contributed by atoms with van der Waals surface area (Å²) in [5.41, 5.74) is 18.8. The summed E-state index contributed by atoms with van der Waals surface area (Å²) in [4.78, 5) is 2.60. The number of nitrogens with one attached hydrogen (secondary N) is 1. The van der Waals surface area contributed by atoms with Gasteiger partial charge in [0.1, 0.15) is 0 Å². The van der Waals surface area contributed by atoms with E-state index >= 15 is 0 Å². The predicted octanol–water partition coefficient (Wildman–Crippen LogP) is 11.3. The van der Waals surface area contributed by atoms with Crippen molar-refractivity contribution in [3.05, 3.63) is 125 Å². The van der Waals surface area contributed by atoms with Gasteiger partial charge in [0.05, 0.1) is 5.69 Å². The van der Waals surface area contributed by atoms with E-state index in [0.29, 0.717) is 0 Å². The summed E-state index contributed by atoms with van der Waals surface area (Å²) >= 11 is 0. The van der Waals surface area contributed by atoms with E-state index in [-0.39, 0.29) is 16.2 Å². The largest absolute Gasteiger partial charge is 0.355 e. The van der Waals surface area contributed by atoms with E-state index in [4.69, 9.17) is 0 Å². The zero-order valence-electron chi connectivity index (χ0n) is 30.5. The van der Waals surface area contributed by atoms with Crippen LogP contribution in [0.3, 0.4) is 0 Å². The van der Waals surface area contributed by atoms with Crippen LogP contribution in [0.15, 0.2) is 97.1 Å². The zero-order valence-corrected chi connectivity index (χ0v) is 30.5. The second-order valence-electron chi connectivity index (χ2n) is 16.6. The van der Waals surface area contributed by atoms with Crippen LogP contribution < -0.4 is 21.1 Å². The fourth-order valence-electron chi connectivity index (χ4n) is 8.90. The average molecular weight is 642 g/mol. The highest BCUT2D eigenvalue weighted by atomic mass is 15.2. The Hall–Kier alpha value is -4.24. The van der Waals surface area contributed by atoms with Gasteiger partial charge in [0.25, 0.3) is 0 Å². The Morgan fingerprint density at radius 1 is 0.653 bits per heavy atom. The second kappa shape index (κ2) is 11.7. The van der Waals surface area contributed by atoms with E-state index in [2.05, 4.69) is 163 Å². The van der Waals surface area contributed by atoms with E-state index in [1.807, 2.05) is 0 Å². The molecule has 0 spiro atoms. The second-order valence-corrected chi connectivity index (χ2v) is 16.6. The van der Waals surface area contributed by atoms with Crippen LogP contribution in [-0.4, -0.2) is 7.28 Å². The molecule has 1 N–H and O–H groups in total. The third kappa shape index (κ3) is 5.23. The molecular formula is C46H50BN2. The number of fused-ring (bicyclic) bond motifs is 5. The molecule has 3 heteroatoms. The molecule has 0 unspecified atom stereocenters. The van der Waals surface area contributed by atoms with Gasteiger partial charge in [-0.2, -0.15) is 0 Å². The summed E-state index contributed by atoms with van der Waals surface area (Å²) in [6.45, 7) is 16.8. The van der Waals surface area contributed by atoms with Crippen LogP contribution in [0.4, 0.5) is 28.4 Å². The van der Waals surface area contributed by atoms with Gasteiger partial charge in [0.15, 0.2) is 7.28 Å². The number of hydrogen-bond acceptors (Lipinski definition) is 2. The molecule has 0 amide bonds. The lowest BCUT2D eigenvalue weighted by Gasteiger charge is -2.46. The molecule has 2 aliphatic heterocycles. The molecule has 5 aromatic carbocycles. The predicted molar refractivity (Wildman–Crippen MR) is 212 cm³/mol. The number of benzene rings is 5. The molecule has 0 atom stereocenters. The normalized spacial score (nSPS) is 17.2. The quantitative estimate of drug-likeness (QED) is 0.138. The molecule has 5 aromatic rings. The van der Waals surface area contributed by atoms with Crippen molar-refractivity contribution in [3.8, 4) is 11.1 Å². The monoisotopic (exact) mass is 641 g/mol. The molecule has 247 valence electrons. The minimum atomic E-state index is -0.0883. The Balaban J connectivity index is 1.42. The number of aryl methyl sites for hydroxylation is 1. The van der Waals surface area contributed by atoms with Gasteiger partial charge in [0.2, 0.25) is 0 Å². The van der Waals surface area contributed by atoms with Gasteiger partial charge < -0.3 is 10.2 Å². The van der Waals surface area contributed by atoms with E-state index in [0.717, 1.165) is 12.1 Å². The van der Waals surface area contributed by atoms with Crippen LogP contribution in [0.25, 0.3) is 11.1 Å². The van der Waals surface area contributed by atoms with Gasteiger partial charge >= 0.3 is 0 Å². The van der Waals surface area contributed by atoms with Crippen molar-refractivity contribution in [1.29, 1.82) is 0 Å². The summed E-state index contributed by atoms with van der Waals surface area (Å²) in [5, 5.41) is 3.93. The third-order valence-electron chi connectivity index (χ3n) is 11.9. The molecule has 0 saturated carbocycles. The molecule has 3 aliphatic rings. The summed E-state index contributed by atoms with van der Waals surface area (Å²) in [7, 11) is 2.49. The molecule has 0 saturated heterocycles. The SMILES string of the molecule is CCCCCc1cc(-c2cc3c(cc2Nc2ccccc2)C(C)(C)CCC3(C)C)c2c(c1)N1c3ccccc3C(C)(C)c3cccc(c31)[B]2. The fourth-order valence-corrected chi connectivity index (χ4v) is 8.90. The lowest BCUT2D eigenvalue weighted by Crippen LogP contribution is -2.45. The molecule has 1 aliphatic carbocycles. The molecular weight excluding hydrogens is 591 g/mol. The van der Waals surface area contributed by atoms with Crippen LogP contribution in [0.5, 0.6) is 0 Å². The highest BCUT2D eigenvalue weighted by Gasteiger charge is 2.42. The Morgan fingerprint density at radius 3 is 2.10 bits per heavy atom. The van der Waals surface area contributed by atoms with Crippen molar-refractivity contribution in [2.75, 3.05) is 10.2 Å². The van der Waals surface area contributed by atoms with Gasteiger partial charge in [0, 0.05) is 33.7 Å². The van der Waals surface area contributed by atoms with E-state index in [9.17, 15) is 0 Å². The lowest BCUT2D eigenvalue weighted by molar-refractivity contribution is 0.332. The van der Waals surface area contributed by atoms with Crippen LogP contribution in [0, 0.1) is 0 Å². The summed E-state index contributed by atoms with van der Waals surface area (Å²) in [5.74, 6) is 0. The van der Waals surface area contributed by atoms with Crippen LogP contribution in [-0.2, 0) is 22.7 Å². The minimum absolute atomic E-state index is 0.0883. The van der Waals surface area contributed by atoms with Gasteiger partial charge in [-0.25, -0.2) is 0 Å². The van der Waals surface area contributed by atoms with Crippen molar-refractivity contribution >= 4 is 46.6 Å². The standard InChI is InChI=1S/C46H50BN2/c1-8-9-11-17-30-26-33(32-28-36-37(45(4,5)25-24-44(36,2)3)29-39(32)48-31-18-12-10-13-19-31)42-41(27-30)49-40-23-15-14-20-34(40)46(6,7)35-21-16-22-38(47-42)43(35)49/h10,12-16,18-23,26-29,48H,8-9,11,17,24-25H2,1-7H3. The van der Waals surface area contributed by atoms with E-state index < -0.39 is 0 Å². The molecule has 8 rings (SSSR count). The highest BCUT2D eigenvalue weighted by molar-refractivity contribution is 6.73. The molecule has 0 bridgehead atoms. The Bertz CT molecular complexity index is 2070. The Morgan fingerprint density at radius 2 is 1.35 bits per heavy atom. The maximum absolute atomic E-state index is 3.93. The Kier molecular flexibility index (Phi) is 7.63. The van der Waals surface area contributed by atoms with E-state index in [1.165, 1.54) is 105 Å². The number of para-hydroxylation sites is 3. The van der Waals surface area contributed by atoms with Gasteiger partial charge in [-0.05, 0) is 112 Å². The van der Waals surface area contributed by atoms with Gasteiger partial charge in [-0.3, -0.25) is 0 Å². The molecule has 2 nitrogen and oxygen atoms in total. The van der Waals surface area contributed by atoms with Crippen molar-refractivity contribution in [2.24, 2.45) is 0 Å². The summed E-state index contributed by atoms with van der Waals surface area (Å²) < 4.78 is 0. The summed E-state index contributed by atoms with van der Waals surface area (Å²) in [6.07, 6.45) is 7.12. The number of unbranched alkanes of at least 4 members (excludes halogenated alkanes) is 2. The molecule has 0 aromatic heterocycles. The molecule has 2 heterocycles. The molecule has 0 fully saturated rings. The minimum Gasteiger partial charge on any atom is -0.355 e. The van der Waals surface area contributed by atoms with Crippen LogP contribution in [0.1, 0.15) is 108 Å². The highest BCUT2D eigenvalue weighted by Crippen LogP contribution is 2.53. The number of anilines is 5. The first-order valence-electron chi connectivity index (χ1n) is 18.6. The van der Waals surface area contributed by atoms with Crippen LogP contribution in [0.2, 0.25) is 0 Å². The first-order valence-corrected chi connectivity index (χ1v) is 18.6. The number of hydrogen-bond donors (Lipinski definition) is 1. The van der Waals surface area contributed by atoms with Crippen LogP contribution >= 0.6 is 0 Å². The first kappa shape index (κ1) is 32.0. The summed E-state index contributed by atoms with van der Waals surface area (Å²) in [6, 6.07) is 36.8. The zero-order chi connectivity index (χ0) is 34.1. The van der Waals surface area contributed by atoms with Crippen molar-refractivity contribution in [2.45, 2.75) is 103 Å². The maximum atomic E-state index is 3.93. The van der Waals surface area contributed by atoms with Gasteiger partial charge in [-0.15, -0.1) is 0 Å². The topological polar surface area (TPSA) is 15.3 Å². The van der Waals surface area contributed by atoms with Crippen molar-refractivity contribution in [1.82, 2.24) is 0 Å².